The number of carbonyl (C=O) groups is 2. The number of alkyl halides is 3. The number of halogens is 3. The normalized spacial score (nSPS) is 11.1. The second-order valence-electron chi connectivity index (χ2n) is 7.91. The number of ether oxygens (including phenoxy) is 2. The molecular formula is C26H24F3NO5S. The number of hydrogen-bond acceptors (Lipinski definition) is 5. The number of carbonyl (C=O) groups excluding carboxylic acids is 1. The van der Waals surface area contributed by atoms with Gasteiger partial charge in [0, 0.05) is 22.6 Å². The molecule has 36 heavy (non-hydrogen) atoms. The minimum absolute atomic E-state index is 0.0415. The van der Waals surface area contributed by atoms with Crippen molar-refractivity contribution in [2.24, 2.45) is 0 Å². The number of anilines is 1. The average molecular weight is 520 g/mol. The zero-order valence-electron chi connectivity index (χ0n) is 19.5. The average Bonchev–Trinajstić information content (AvgIpc) is 2.79. The predicted molar refractivity (Wildman–Crippen MR) is 132 cm³/mol. The fraction of sp³-hybridized carbons (Fsp3) is 0.231. The molecule has 190 valence electrons. The molecule has 0 unspecified atom stereocenters. The number of hydrogen-bond donors (Lipinski definition) is 2. The summed E-state index contributed by atoms with van der Waals surface area (Å²) in [6, 6.07) is 16.3. The summed E-state index contributed by atoms with van der Waals surface area (Å²) in [6.07, 6.45) is -4.57. The van der Waals surface area contributed by atoms with Crippen molar-refractivity contribution in [3.8, 4) is 17.2 Å². The quantitative estimate of drug-likeness (QED) is 0.319. The maximum absolute atomic E-state index is 12.8. The molecule has 0 saturated heterocycles. The van der Waals surface area contributed by atoms with Crippen LogP contribution in [0.4, 0.5) is 18.9 Å². The van der Waals surface area contributed by atoms with Crippen molar-refractivity contribution in [3.05, 3.63) is 82.9 Å². The Kier molecular flexibility index (Phi) is 8.87. The zero-order valence-corrected chi connectivity index (χ0v) is 20.3. The Bertz CT molecular complexity index is 1250. The number of aliphatic carboxylic acids is 1. The lowest BCUT2D eigenvalue weighted by molar-refractivity contribution is -0.136. The third-order valence-corrected chi connectivity index (χ3v) is 5.97. The standard InChI is InChI=1S/C26H24F3NO5S/c1-16-4-3-5-18(10-16)25(33)30-20-7-9-21(19(13-20)14-36-15-26(27,28)29)35-23-11-17(12-24(31)32)6-8-22(23)34-2/h3-11,13H,12,14-15H2,1-2H3,(H,30,33)(H,31,32). The molecule has 1 amide bonds. The van der Waals surface area contributed by atoms with Gasteiger partial charge in [-0.3, -0.25) is 9.59 Å². The molecular weight excluding hydrogens is 495 g/mol. The van der Waals surface area contributed by atoms with Crippen LogP contribution in [-0.4, -0.2) is 36.0 Å². The van der Waals surface area contributed by atoms with E-state index in [0.717, 1.165) is 5.56 Å². The van der Waals surface area contributed by atoms with Crippen molar-refractivity contribution in [1.29, 1.82) is 0 Å². The summed E-state index contributed by atoms with van der Waals surface area (Å²) in [4.78, 5) is 23.7. The van der Waals surface area contributed by atoms with Gasteiger partial charge in [-0.2, -0.15) is 13.2 Å². The van der Waals surface area contributed by atoms with Gasteiger partial charge in [-0.05, 0) is 55.0 Å². The van der Waals surface area contributed by atoms with Crippen LogP contribution in [-0.2, 0) is 17.0 Å². The first kappa shape index (κ1) is 26.9. The van der Waals surface area contributed by atoms with Crippen LogP contribution in [0.5, 0.6) is 17.2 Å². The van der Waals surface area contributed by atoms with Crippen LogP contribution in [0.3, 0.4) is 0 Å². The van der Waals surface area contributed by atoms with E-state index in [0.29, 0.717) is 39.9 Å². The molecule has 0 heterocycles. The molecule has 3 rings (SSSR count). The lowest BCUT2D eigenvalue weighted by Gasteiger charge is -2.16. The Hall–Kier alpha value is -3.66. The molecule has 0 atom stereocenters. The molecule has 3 aromatic carbocycles. The first-order valence-corrected chi connectivity index (χ1v) is 11.9. The molecule has 0 spiro atoms. The van der Waals surface area contributed by atoms with Crippen LogP contribution in [0.1, 0.15) is 27.0 Å². The van der Waals surface area contributed by atoms with E-state index in [1.807, 2.05) is 13.0 Å². The molecule has 0 fully saturated rings. The van der Waals surface area contributed by atoms with E-state index in [-0.39, 0.29) is 29.6 Å². The minimum Gasteiger partial charge on any atom is -0.493 e. The van der Waals surface area contributed by atoms with Gasteiger partial charge >= 0.3 is 12.1 Å². The predicted octanol–water partition coefficient (Wildman–Crippen LogP) is 6.47. The summed E-state index contributed by atoms with van der Waals surface area (Å²) in [5.74, 6) is -1.67. The van der Waals surface area contributed by atoms with Gasteiger partial charge in [0.1, 0.15) is 5.75 Å². The summed E-state index contributed by atoms with van der Waals surface area (Å²) < 4.78 is 49.5. The van der Waals surface area contributed by atoms with Gasteiger partial charge in [-0.1, -0.05) is 23.8 Å². The highest BCUT2D eigenvalue weighted by molar-refractivity contribution is 7.98. The topological polar surface area (TPSA) is 84.9 Å². The van der Waals surface area contributed by atoms with E-state index < -0.39 is 17.9 Å². The number of carboxylic acids is 1. The summed E-state index contributed by atoms with van der Waals surface area (Å²) >= 11 is 0.659. The van der Waals surface area contributed by atoms with Gasteiger partial charge in [0.2, 0.25) is 0 Å². The molecule has 0 aromatic heterocycles. The zero-order chi connectivity index (χ0) is 26.3. The summed E-state index contributed by atoms with van der Waals surface area (Å²) in [6.45, 7) is 1.86. The van der Waals surface area contributed by atoms with Crippen molar-refractivity contribution in [2.75, 3.05) is 18.2 Å². The Balaban J connectivity index is 1.90. The number of rotatable bonds is 10. The third kappa shape index (κ3) is 7.94. The molecule has 10 heteroatoms. The molecule has 0 saturated carbocycles. The fourth-order valence-electron chi connectivity index (χ4n) is 3.34. The van der Waals surface area contributed by atoms with Crippen LogP contribution >= 0.6 is 11.8 Å². The number of methoxy groups -OCH3 is 1. The number of nitrogens with one attached hydrogen (secondary N) is 1. The summed E-state index contributed by atoms with van der Waals surface area (Å²) in [5, 5.41) is 11.8. The van der Waals surface area contributed by atoms with E-state index in [9.17, 15) is 22.8 Å². The van der Waals surface area contributed by atoms with E-state index in [1.165, 1.54) is 13.2 Å². The molecule has 0 aliphatic rings. The Labute approximate surface area is 210 Å². The van der Waals surface area contributed by atoms with E-state index in [1.54, 1.807) is 48.5 Å². The minimum atomic E-state index is -4.34. The Morgan fingerprint density at radius 1 is 1.00 bits per heavy atom. The van der Waals surface area contributed by atoms with Gasteiger partial charge in [-0.15, -0.1) is 11.8 Å². The van der Waals surface area contributed by atoms with Crippen LogP contribution in [0, 0.1) is 6.92 Å². The van der Waals surface area contributed by atoms with Gasteiger partial charge in [0.05, 0.1) is 19.3 Å². The monoisotopic (exact) mass is 519 g/mol. The van der Waals surface area contributed by atoms with Crippen molar-refractivity contribution in [2.45, 2.75) is 25.3 Å². The highest BCUT2D eigenvalue weighted by atomic mass is 32.2. The molecule has 0 radical (unpaired) electrons. The number of thioether (sulfide) groups is 1. The fourth-order valence-corrected chi connectivity index (χ4v) is 4.12. The first-order valence-electron chi connectivity index (χ1n) is 10.8. The van der Waals surface area contributed by atoms with Gasteiger partial charge in [-0.25, -0.2) is 0 Å². The van der Waals surface area contributed by atoms with Gasteiger partial charge in [0.25, 0.3) is 5.91 Å². The number of benzene rings is 3. The number of aryl methyl sites for hydroxylation is 1. The maximum atomic E-state index is 12.8. The Morgan fingerprint density at radius 2 is 1.75 bits per heavy atom. The smallest absolute Gasteiger partial charge is 0.397 e. The van der Waals surface area contributed by atoms with Crippen LogP contribution < -0.4 is 14.8 Å². The highest BCUT2D eigenvalue weighted by Crippen LogP contribution is 2.37. The summed E-state index contributed by atoms with van der Waals surface area (Å²) in [7, 11) is 1.42. The number of amides is 1. The van der Waals surface area contributed by atoms with E-state index in [2.05, 4.69) is 5.32 Å². The van der Waals surface area contributed by atoms with Crippen LogP contribution in [0.25, 0.3) is 0 Å². The van der Waals surface area contributed by atoms with Gasteiger partial charge in [0.15, 0.2) is 11.5 Å². The van der Waals surface area contributed by atoms with Crippen molar-refractivity contribution >= 4 is 29.3 Å². The molecule has 0 bridgehead atoms. The maximum Gasteiger partial charge on any atom is 0.397 e. The highest BCUT2D eigenvalue weighted by Gasteiger charge is 2.27. The van der Waals surface area contributed by atoms with E-state index >= 15 is 0 Å². The molecule has 6 nitrogen and oxygen atoms in total. The van der Waals surface area contributed by atoms with Crippen LogP contribution in [0.2, 0.25) is 0 Å². The lowest BCUT2D eigenvalue weighted by Crippen LogP contribution is -2.12. The molecule has 0 aliphatic heterocycles. The second-order valence-corrected chi connectivity index (χ2v) is 8.90. The molecule has 0 aliphatic carbocycles. The lowest BCUT2D eigenvalue weighted by atomic mass is 10.1. The van der Waals surface area contributed by atoms with Crippen molar-refractivity contribution in [3.63, 3.8) is 0 Å². The van der Waals surface area contributed by atoms with Gasteiger partial charge < -0.3 is 19.9 Å². The second kappa shape index (κ2) is 11.9. The SMILES string of the molecule is COc1ccc(CC(=O)O)cc1Oc1ccc(NC(=O)c2cccc(C)c2)cc1CSCC(F)(F)F. The Morgan fingerprint density at radius 3 is 2.42 bits per heavy atom. The molecule has 2 N–H and O–H groups in total. The molecule has 3 aromatic rings. The number of carboxylic acid groups (broad SMARTS) is 1. The summed E-state index contributed by atoms with van der Waals surface area (Å²) in [5.41, 5.74) is 2.63. The van der Waals surface area contributed by atoms with Crippen LogP contribution in [0.15, 0.2) is 60.7 Å². The van der Waals surface area contributed by atoms with E-state index in [4.69, 9.17) is 14.6 Å². The first-order chi connectivity index (χ1) is 17.0. The third-order valence-electron chi connectivity index (χ3n) is 4.93. The van der Waals surface area contributed by atoms with Crippen molar-refractivity contribution < 1.29 is 37.3 Å². The van der Waals surface area contributed by atoms with Crippen molar-refractivity contribution in [1.82, 2.24) is 0 Å². The largest absolute Gasteiger partial charge is 0.493 e.